The molecule has 1 heterocycles. The van der Waals surface area contributed by atoms with Gasteiger partial charge in [0.25, 0.3) is 0 Å². The van der Waals surface area contributed by atoms with Crippen molar-refractivity contribution in [3.63, 3.8) is 0 Å². The average Bonchev–Trinajstić information content (AvgIpc) is 2.76. The van der Waals surface area contributed by atoms with E-state index in [1.54, 1.807) is 12.3 Å². The Balaban J connectivity index is 2.40. The van der Waals surface area contributed by atoms with E-state index in [1.807, 2.05) is 17.7 Å². The zero-order valence-corrected chi connectivity index (χ0v) is 11.6. The summed E-state index contributed by atoms with van der Waals surface area (Å²) in [5, 5.41) is 4.19. The van der Waals surface area contributed by atoms with Crippen LogP contribution in [0.2, 0.25) is 0 Å². The van der Waals surface area contributed by atoms with E-state index in [2.05, 4.69) is 27.7 Å². The average molecular weight is 345 g/mol. The van der Waals surface area contributed by atoms with Crippen molar-refractivity contribution in [1.82, 2.24) is 9.78 Å². The molecule has 0 bridgehead atoms. The molecular formula is C12H13FIN3. The summed E-state index contributed by atoms with van der Waals surface area (Å²) in [4.78, 5) is 0. The van der Waals surface area contributed by atoms with Gasteiger partial charge in [0, 0.05) is 16.3 Å². The van der Waals surface area contributed by atoms with E-state index in [0.29, 0.717) is 0 Å². The Kier molecular flexibility index (Phi) is 3.78. The molecule has 17 heavy (non-hydrogen) atoms. The Morgan fingerprint density at radius 2 is 2.24 bits per heavy atom. The second kappa shape index (κ2) is 5.14. The van der Waals surface area contributed by atoms with E-state index in [9.17, 15) is 4.39 Å². The molecule has 90 valence electrons. The van der Waals surface area contributed by atoms with Gasteiger partial charge >= 0.3 is 0 Å². The summed E-state index contributed by atoms with van der Waals surface area (Å²) in [6.45, 7) is 2.78. The first-order chi connectivity index (χ1) is 8.13. The predicted octanol–water partition coefficient (Wildman–Crippen LogP) is 2.69. The monoisotopic (exact) mass is 345 g/mol. The van der Waals surface area contributed by atoms with Crippen molar-refractivity contribution >= 4 is 22.6 Å². The number of halogens is 2. The SMILES string of the molecule is CCn1nccc1C(N)c1ccc(F)cc1I. The van der Waals surface area contributed by atoms with Crippen molar-refractivity contribution in [2.45, 2.75) is 19.5 Å². The largest absolute Gasteiger partial charge is 0.319 e. The minimum absolute atomic E-state index is 0.241. The molecule has 2 aromatic rings. The topological polar surface area (TPSA) is 43.8 Å². The van der Waals surface area contributed by atoms with Crippen LogP contribution in [-0.4, -0.2) is 9.78 Å². The highest BCUT2D eigenvalue weighted by Gasteiger charge is 2.16. The first-order valence-corrected chi connectivity index (χ1v) is 6.43. The standard InChI is InChI=1S/C12H13FIN3/c1-2-17-11(5-6-16-17)12(15)9-4-3-8(13)7-10(9)14/h3-7,12H,2,15H2,1H3. The lowest BCUT2D eigenvalue weighted by Crippen LogP contribution is -2.18. The third kappa shape index (κ3) is 2.50. The van der Waals surface area contributed by atoms with E-state index in [1.165, 1.54) is 12.1 Å². The summed E-state index contributed by atoms with van der Waals surface area (Å²) in [5.74, 6) is -0.241. The first kappa shape index (κ1) is 12.5. The Bertz CT molecular complexity index is 524. The maximum atomic E-state index is 13.0. The zero-order chi connectivity index (χ0) is 12.4. The lowest BCUT2D eigenvalue weighted by Gasteiger charge is -2.15. The van der Waals surface area contributed by atoms with Gasteiger partial charge in [-0.05, 0) is 53.3 Å². The quantitative estimate of drug-likeness (QED) is 0.870. The fraction of sp³-hybridized carbons (Fsp3) is 0.250. The van der Waals surface area contributed by atoms with Crippen molar-refractivity contribution in [2.24, 2.45) is 5.73 Å². The first-order valence-electron chi connectivity index (χ1n) is 5.35. The van der Waals surface area contributed by atoms with Gasteiger partial charge in [0.15, 0.2) is 0 Å². The van der Waals surface area contributed by atoms with Crippen molar-refractivity contribution in [1.29, 1.82) is 0 Å². The van der Waals surface area contributed by atoms with Gasteiger partial charge in [0.05, 0.1) is 11.7 Å². The minimum Gasteiger partial charge on any atom is -0.319 e. The van der Waals surface area contributed by atoms with Crippen molar-refractivity contribution < 1.29 is 4.39 Å². The van der Waals surface area contributed by atoms with Crippen LogP contribution in [0.1, 0.15) is 24.2 Å². The van der Waals surface area contributed by atoms with E-state index in [-0.39, 0.29) is 11.9 Å². The summed E-state index contributed by atoms with van der Waals surface area (Å²) in [6.07, 6.45) is 1.73. The summed E-state index contributed by atoms with van der Waals surface area (Å²) in [7, 11) is 0. The molecule has 0 saturated heterocycles. The molecule has 0 saturated carbocycles. The molecule has 0 fully saturated rings. The van der Waals surface area contributed by atoms with Gasteiger partial charge in [-0.3, -0.25) is 4.68 Å². The highest BCUT2D eigenvalue weighted by Crippen LogP contribution is 2.24. The number of hydrogen-bond acceptors (Lipinski definition) is 2. The van der Waals surface area contributed by atoms with Gasteiger partial charge in [-0.15, -0.1) is 0 Å². The third-order valence-corrected chi connectivity index (χ3v) is 3.60. The summed E-state index contributed by atoms with van der Waals surface area (Å²) in [6, 6.07) is 6.28. The predicted molar refractivity (Wildman–Crippen MR) is 73.0 cm³/mol. The molecule has 1 unspecified atom stereocenters. The summed E-state index contributed by atoms with van der Waals surface area (Å²) in [5.41, 5.74) is 8.06. The van der Waals surface area contributed by atoms with Gasteiger partial charge in [0.1, 0.15) is 5.82 Å². The van der Waals surface area contributed by atoms with Crippen molar-refractivity contribution in [3.05, 3.63) is 51.1 Å². The number of nitrogens with two attached hydrogens (primary N) is 1. The Labute approximate surface area is 113 Å². The molecule has 3 nitrogen and oxygen atoms in total. The van der Waals surface area contributed by atoms with E-state index in [0.717, 1.165) is 21.4 Å². The molecule has 1 atom stereocenters. The van der Waals surface area contributed by atoms with Crippen LogP contribution < -0.4 is 5.73 Å². The Morgan fingerprint density at radius 1 is 1.47 bits per heavy atom. The molecule has 0 radical (unpaired) electrons. The molecule has 0 spiro atoms. The van der Waals surface area contributed by atoms with Crippen LogP contribution in [0, 0.1) is 9.39 Å². The molecular weight excluding hydrogens is 332 g/mol. The van der Waals surface area contributed by atoms with Crippen LogP contribution in [0.5, 0.6) is 0 Å². The van der Waals surface area contributed by atoms with Crippen LogP contribution >= 0.6 is 22.6 Å². The molecule has 2 rings (SSSR count). The van der Waals surface area contributed by atoms with Crippen LogP contribution in [0.3, 0.4) is 0 Å². The molecule has 5 heteroatoms. The molecule has 0 aliphatic rings. The number of hydrogen-bond donors (Lipinski definition) is 1. The molecule has 2 N–H and O–H groups in total. The van der Waals surface area contributed by atoms with Crippen LogP contribution in [0.25, 0.3) is 0 Å². The van der Waals surface area contributed by atoms with Crippen LogP contribution in [0.15, 0.2) is 30.5 Å². The number of rotatable bonds is 3. The lowest BCUT2D eigenvalue weighted by molar-refractivity contribution is 0.597. The van der Waals surface area contributed by atoms with E-state index < -0.39 is 0 Å². The molecule has 0 amide bonds. The molecule has 1 aromatic carbocycles. The van der Waals surface area contributed by atoms with E-state index in [4.69, 9.17) is 5.73 Å². The van der Waals surface area contributed by atoms with Gasteiger partial charge < -0.3 is 5.73 Å². The fourth-order valence-electron chi connectivity index (χ4n) is 1.78. The molecule has 0 aliphatic heterocycles. The molecule has 1 aromatic heterocycles. The highest BCUT2D eigenvalue weighted by atomic mass is 127. The maximum Gasteiger partial charge on any atom is 0.124 e. The van der Waals surface area contributed by atoms with Gasteiger partial charge in [-0.2, -0.15) is 5.10 Å². The summed E-state index contributed by atoms with van der Waals surface area (Å²) >= 11 is 2.10. The normalized spacial score (nSPS) is 12.7. The second-order valence-corrected chi connectivity index (χ2v) is 4.88. The highest BCUT2D eigenvalue weighted by molar-refractivity contribution is 14.1. The third-order valence-electron chi connectivity index (χ3n) is 2.67. The van der Waals surface area contributed by atoms with E-state index >= 15 is 0 Å². The minimum atomic E-state index is -0.273. The smallest absolute Gasteiger partial charge is 0.124 e. The van der Waals surface area contributed by atoms with Gasteiger partial charge in [-0.25, -0.2) is 4.39 Å². The number of aromatic nitrogens is 2. The zero-order valence-electron chi connectivity index (χ0n) is 9.40. The molecule has 0 aliphatic carbocycles. The maximum absolute atomic E-state index is 13.0. The van der Waals surface area contributed by atoms with Gasteiger partial charge in [-0.1, -0.05) is 6.07 Å². The second-order valence-electron chi connectivity index (χ2n) is 3.72. The van der Waals surface area contributed by atoms with Gasteiger partial charge in [0.2, 0.25) is 0 Å². The number of aryl methyl sites for hydroxylation is 1. The van der Waals surface area contributed by atoms with Crippen molar-refractivity contribution in [2.75, 3.05) is 0 Å². The number of benzene rings is 1. The lowest BCUT2D eigenvalue weighted by atomic mass is 10.0. The fourth-order valence-corrected chi connectivity index (χ4v) is 2.60. The van der Waals surface area contributed by atoms with Crippen molar-refractivity contribution in [3.8, 4) is 0 Å². The Hall–Kier alpha value is -0.950. The summed E-state index contributed by atoms with van der Waals surface area (Å²) < 4.78 is 15.7. The number of nitrogens with zero attached hydrogens (tertiary/aromatic N) is 2. The van der Waals surface area contributed by atoms with Crippen LogP contribution in [-0.2, 0) is 6.54 Å². The Morgan fingerprint density at radius 3 is 2.88 bits per heavy atom. The van der Waals surface area contributed by atoms with Crippen LogP contribution in [0.4, 0.5) is 4.39 Å².